The summed E-state index contributed by atoms with van der Waals surface area (Å²) in [5.41, 5.74) is 0.303. The largest absolute Gasteiger partial charge is 0.457 e. The zero-order chi connectivity index (χ0) is 21.5. The first-order chi connectivity index (χ1) is 14.3. The van der Waals surface area contributed by atoms with Gasteiger partial charge in [-0.05, 0) is 35.9 Å². The monoisotopic (exact) mass is 423 g/mol. The Balaban J connectivity index is 1.62. The summed E-state index contributed by atoms with van der Waals surface area (Å²) in [6, 6.07) is 15.2. The van der Waals surface area contributed by atoms with E-state index in [4.69, 9.17) is 4.74 Å². The number of nitrogens with zero attached hydrogens (tertiary/aromatic N) is 1. The number of non-ortho nitro benzene ring substituents is 1. The van der Waals surface area contributed by atoms with Gasteiger partial charge in [0, 0.05) is 23.3 Å². The molecule has 0 N–H and O–H groups in total. The van der Waals surface area contributed by atoms with Crippen molar-refractivity contribution in [2.24, 2.45) is 0 Å². The van der Waals surface area contributed by atoms with Crippen LogP contribution in [0.4, 0.5) is 5.69 Å². The third-order valence-electron chi connectivity index (χ3n) is 4.66. The topological polar surface area (TPSA) is 121 Å². The highest BCUT2D eigenvalue weighted by atomic mass is 32.2. The van der Waals surface area contributed by atoms with E-state index in [1.54, 1.807) is 12.1 Å². The Morgan fingerprint density at radius 2 is 1.67 bits per heavy atom. The highest BCUT2D eigenvalue weighted by molar-refractivity contribution is 7.91. The average molecular weight is 423 g/mol. The molecule has 4 rings (SSSR count). The summed E-state index contributed by atoms with van der Waals surface area (Å²) in [5, 5.41) is 10.8. The van der Waals surface area contributed by atoms with Crippen molar-refractivity contribution in [1.82, 2.24) is 0 Å². The van der Waals surface area contributed by atoms with Crippen molar-refractivity contribution in [2.45, 2.75) is 16.4 Å². The van der Waals surface area contributed by atoms with E-state index in [0.29, 0.717) is 5.56 Å². The number of nitro groups is 1. The first kappa shape index (κ1) is 19.5. The predicted octanol–water partition coefficient (Wildman–Crippen LogP) is 3.33. The minimum Gasteiger partial charge on any atom is -0.457 e. The molecule has 9 heteroatoms. The fourth-order valence-corrected chi connectivity index (χ4v) is 4.88. The zero-order valence-corrected chi connectivity index (χ0v) is 16.1. The zero-order valence-electron chi connectivity index (χ0n) is 15.3. The summed E-state index contributed by atoms with van der Waals surface area (Å²) in [6.45, 7) is -0.230. The van der Waals surface area contributed by atoms with Crippen LogP contribution in [0.25, 0.3) is 0 Å². The van der Waals surface area contributed by atoms with Gasteiger partial charge in [-0.15, -0.1) is 0 Å². The van der Waals surface area contributed by atoms with Crippen LogP contribution < -0.4 is 0 Å². The van der Waals surface area contributed by atoms with Gasteiger partial charge in [0.1, 0.15) is 6.61 Å². The van der Waals surface area contributed by atoms with E-state index >= 15 is 0 Å². The predicted molar refractivity (Wildman–Crippen MR) is 104 cm³/mol. The SMILES string of the molecule is O=C(OCc1cccc([N+](=O)[O-])c1)c1ccc2c(c1)S(=O)(=O)c1ccccc1C2=O. The summed E-state index contributed by atoms with van der Waals surface area (Å²) in [7, 11) is -3.98. The number of esters is 1. The molecule has 30 heavy (non-hydrogen) atoms. The minimum atomic E-state index is -3.98. The van der Waals surface area contributed by atoms with Gasteiger partial charge in [-0.25, -0.2) is 13.2 Å². The number of ether oxygens (including phenoxy) is 1. The van der Waals surface area contributed by atoms with Crippen molar-refractivity contribution in [3.05, 3.63) is 99.1 Å². The van der Waals surface area contributed by atoms with Crippen LogP contribution in [0.2, 0.25) is 0 Å². The molecule has 0 aromatic heterocycles. The van der Waals surface area contributed by atoms with Crippen LogP contribution in [-0.2, 0) is 21.2 Å². The Morgan fingerprint density at radius 3 is 2.43 bits per heavy atom. The summed E-state index contributed by atoms with van der Waals surface area (Å²) in [5.74, 6) is -1.25. The smallest absolute Gasteiger partial charge is 0.338 e. The molecule has 8 nitrogen and oxygen atoms in total. The van der Waals surface area contributed by atoms with Gasteiger partial charge in [0.05, 0.1) is 20.3 Å². The Morgan fingerprint density at radius 1 is 0.933 bits per heavy atom. The van der Waals surface area contributed by atoms with Crippen molar-refractivity contribution < 1.29 is 27.7 Å². The molecule has 3 aromatic carbocycles. The molecular weight excluding hydrogens is 410 g/mol. The molecule has 0 fully saturated rings. The molecule has 3 aromatic rings. The molecule has 0 radical (unpaired) electrons. The fraction of sp³-hybridized carbons (Fsp3) is 0.0476. The van der Waals surface area contributed by atoms with Gasteiger partial charge in [-0.2, -0.15) is 0 Å². The lowest BCUT2D eigenvalue weighted by atomic mass is 10.0. The molecule has 0 saturated heterocycles. The first-order valence-electron chi connectivity index (χ1n) is 8.72. The molecule has 0 amide bonds. The van der Waals surface area contributed by atoms with Crippen LogP contribution in [0, 0.1) is 10.1 Å². The number of sulfone groups is 1. The number of hydrogen-bond donors (Lipinski definition) is 0. The summed E-state index contributed by atoms with van der Waals surface area (Å²) >= 11 is 0. The van der Waals surface area contributed by atoms with Crippen molar-refractivity contribution >= 4 is 27.3 Å². The summed E-state index contributed by atoms with van der Waals surface area (Å²) < 4.78 is 31.0. The van der Waals surface area contributed by atoms with Crippen molar-refractivity contribution in [3.8, 4) is 0 Å². The van der Waals surface area contributed by atoms with Gasteiger partial charge in [0.25, 0.3) is 5.69 Å². The van der Waals surface area contributed by atoms with Gasteiger partial charge in [0.2, 0.25) is 9.84 Å². The summed E-state index contributed by atoms with van der Waals surface area (Å²) in [4.78, 5) is 35.0. The van der Waals surface area contributed by atoms with E-state index in [2.05, 4.69) is 0 Å². The molecule has 150 valence electrons. The molecule has 1 aliphatic heterocycles. The maximum Gasteiger partial charge on any atom is 0.338 e. The molecule has 0 atom stereocenters. The second kappa shape index (κ2) is 7.20. The average Bonchev–Trinajstić information content (AvgIpc) is 2.76. The second-order valence-electron chi connectivity index (χ2n) is 6.54. The van der Waals surface area contributed by atoms with E-state index < -0.39 is 26.5 Å². The molecule has 1 heterocycles. The Labute approximate surface area is 170 Å². The van der Waals surface area contributed by atoms with Crippen LogP contribution in [0.15, 0.2) is 76.5 Å². The normalized spacial score (nSPS) is 13.8. The van der Waals surface area contributed by atoms with Gasteiger partial charge in [-0.3, -0.25) is 14.9 Å². The number of fused-ring (bicyclic) bond motifs is 2. The van der Waals surface area contributed by atoms with Crippen molar-refractivity contribution in [1.29, 1.82) is 0 Å². The maximum atomic E-state index is 12.9. The molecule has 1 aliphatic rings. The maximum absolute atomic E-state index is 12.9. The van der Waals surface area contributed by atoms with Crippen LogP contribution in [0.3, 0.4) is 0 Å². The number of nitro benzene ring substituents is 1. The van der Waals surface area contributed by atoms with Gasteiger partial charge in [0.15, 0.2) is 5.78 Å². The van der Waals surface area contributed by atoms with Crippen LogP contribution in [-0.4, -0.2) is 25.1 Å². The Kier molecular flexibility index (Phi) is 4.67. The second-order valence-corrected chi connectivity index (χ2v) is 8.43. The Hall–Kier alpha value is -3.85. The van der Waals surface area contributed by atoms with Gasteiger partial charge in [-0.1, -0.05) is 24.3 Å². The number of rotatable bonds is 4. The third-order valence-corrected chi connectivity index (χ3v) is 6.52. The van der Waals surface area contributed by atoms with E-state index in [0.717, 1.165) is 6.07 Å². The standard InChI is InChI=1S/C21H13NO7S/c23-20-16-6-1-2-7-18(16)30(27,28)19-11-14(8-9-17(19)20)21(24)29-12-13-4-3-5-15(10-13)22(25)26/h1-11H,12H2. The summed E-state index contributed by atoms with van der Waals surface area (Å²) in [6.07, 6.45) is 0. The van der Waals surface area contributed by atoms with E-state index in [1.165, 1.54) is 48.5 Å². The lowest BCUT2D eigenvalue weighted by molar-refractivity contribution is -0.384. The number of carbonyl (C=O) groups is 2. The lowest BCUT2D eigenvalue weighted by Gasteiger charge is -2.19. The Bertz CT molecular complexity index is 1330. The fourth-order valence-electron chi connectivity index (χ4n) is 3.20. The molecule has 0 saturated carbocycles. The van der Waals surface area contributed by atoms with Gasteiger partial charge >= 0.3 is 5.97 Å². The number of carbonyl (C=O) groups excluding carboxylic acids is 2. The highest BCUT2D eigenvalue weighted by Crippen LogP contribution is 2.34. The van der Waals surface area contributed by atoms with Crippen molar-refractivity contribution in [2.75, 3.05) is 0 Å². The van der Waals surface area contributed by atoms with E-state index in [-0.39, 0.29) is 38.8 Å². The van der Waals surface area contributed by atoms with Crippen LogP contribution >= 0.6 is 0 Å². The minimum absolute atomic E-state index is 0.0102. The molecule has 0 bridgehead atoms. The van der Waals surface area contributed by atoms with Gasteiger partial charge < -0.3 is 4.74 Å². The first-order valence-corrected chi connectivity index (χ1v) is 10.2. The third kappa shape index (κ3) is 3.25. The number of benzene rings is 3. The van der Waals surface area contributed by atoms with E-state index in [1.807, 2.05) is 0 Å². The molecule has 0 unspecified atom stereocenters. The number of hydrogen-bond acceptors (Lipinski definition) is 7. The molecular formula is C21H13NO7S. The lowest BCUT2D eigenvalue weighted by Crippen LogP contribution is -2.21. The van der Waals surface area contributed by atoms with E-state index in [9.17, 15) is 28.1 Å². The van der Waals surface area contributed by atoms with Crippen molar-refractivity contribution in [3.63, 3.8) is 0 Å². The van der Waals surface area contributed by atoms with Crippen LogP contribution in [0.1, 0.15) is 31.8 Å². The molecule has 0 spiro atoms. The highest BCUT2D eigenvalue weighted by Gasteiger charge is 2.35. The number of ketones is 1. The van der Waals surface area contributed by atoms with Crippen LogP contribution in [0.5, 0.6) is 0 Å². The molecule has 0 aliphatic carbocycles. The quantitative estimate of drug-likeness (QED) is 0.280.